The quantitative estimate of drug-likeness (QED) is 0.465. The largest absolute Gasteiger partial charge is 0.507 e. The SMILES string of the molecule is CCCCCCCC(=O)OC(=O)c1ccccc1O. The first kappa shape index (κ1) is 15.2. The van der Waals surface area contributed by atoms with Gasteiger partial charge in [0.15, 0.2) is 0 Å². The normalized spacial score (nSPS) is 10.2. The van der Waals surface area contributed by atoms with E-state index in [4.69, 9.17) is 0 Å². The second-order valence-corrected chi connectivity index (χ2v) is 4.44. The van der Waals surface area contributed by atoms with E-state index in [2.05, 4.69) is 11.7 Å². The molecule has 4 heteroatoms. The molecule has 19 heavy (non-hydrogen) atoms. The molecule has 1 aromatic carbocycles. The van der Waals surface area contributed by atoms with Crippen molar-refractivity contribution in [3.8, 4) is 5.75 Å². The summed E-state index contributed by atoms with van der Waals surface area (Å²) in [5.41, 5.74) is 0.0156. The van der Waals surface area contributed by atoms with Gasteiger partial charge in [0.25, 0.3) is 0 Å². The van der Waals surface area contributed by atoms with Crippen molar-refractivity contribution in [1.29, 1.82) is 0 Å². The van der Waals surface area contributed by atoms with Crippen LogP contribution in [-0.4, -0.2) is 17.0 Å². The van der Waals surface area contributed by atoms with Gasteiger partial charge in [-0.2, -0.15) is 0 Å². The van der Waals surface area contributed by atoms with Crippen LogP contribution in [0.4, 0.5) is 0 Å². The molecule has 0 atom stereocenters. The molecule has 0 fully saturated rings. The van der Waals surface area contributed by atoms with E-state index in [0.29, 0.717) is 0 Å². The first-order chi connectivity index (χ1) is 9.15. The van der Waals surface area contributed by atoms with Crippen LogP contribution in [-0.2, 0) is 9.53 Å². The van der Waals surface area contributed by atoms with E-state index in [1.165, 1.54) is 12.1 Å². The highest BCUT2D eigenvalue weighted by atomic mass is 16.6. The summed E-state index contributed by atoms with van der Waals surface area (Å²) < 4.78 is 4.69. The Morgan fingerprint density at radius 3 is 2.47 bits per heavy atom. The number of phenols is 1. The molecule has 0 saturated carbocycles. The Morgan fingerprint density at radius 1 is 1.11 bits per heavy atom. The number of rotatable bonds is 7. The van der Waals surface area contributed by atoms with Crippen LogP contribution >= 0.6 is 0 Å². The van der Waals surface area contributed by atoms with Gasteiger partial charge in [-0.15, -0.1) is 0 Å². The third kappa shape index (κ3) is 5.55. The minimum absolute atomic E-state index is 0.0156. The standard InChI is InChI=1S/C15H20O4/c1-2-3-4-5-6-11-14(17)19-15(18)12-9-7-8-10-13(12)16/h7-10,16H,2-6,11H2,1H3. The minimum Gasteiger partial charge on any atom is -0.507 e. The van der Waals surface area contributed by atoms with E-state index in [1.54, 1.807) is 12.1 Å². The molecule has 0 saturated heterocycles. The van der Waals surface area contributed by atoms with Crippen LogP contribution in [0.2, 0.25) is 0 Å². The summed E-state index contributed by atoms with van der Waals surface area (Å²) in [7, 11) is 0. The van der Waals surface area contributed by atoms with Gasteiger partial charge in [-0.05, 0) is 18.6 Å². The van der Waals surface area contributed by atoms with Crippen molar-refractivity contribution in [2.45, 2.75) is 45.4 Å². The van der Waals surface area contributed by atoms with Crippen LogP contribution < -0.4 is 0 Å². The number of hydrogen-bond donors (Lipinski definition) is 1. The summed E-state index contributed by atoms with van der Waals surface area (Å²) in [6.45, 7) is 2.12. The minimum atomic E-state index is -0.795. The fourth-order valence-electron chi connectivity index (χ4n) is 1.73. The fraction of sp³-hybridized carbons (Fsp3) is 0.467. The van der Waals surface area contributed by atoms with Gasteiger partial charge in [-0.1, -0.05) is 44.7 Å². The number of carbonyl (C=O) groups excluding carboxylic acids is 2. The molecule has 0 unspecified atom stereocenters. The van der Waals surface area contributed by atoms with Crippen LogP contribution in [0.25, 0.3) is 0 Å². The molecule has 4 nitrogen and oxygen atoms in total. The van der Waals surface area contributed by atoms with Crippen molar-refractivity contribution in [2.24, 2.45) is 0 Å². The molecule has 0 aromatic heterocycles. The van der Waals surface area contributed by atoms with Gasteiger partial charge in [-0.3, -0.25) is 4.79 Å². The fourth-order valence-corrected chi connectivity index (χ4v) is 1.73. The summed E-state index contributed by atoms with van der Waals surface area (Å²) in [5.74, 6) is -1.51. The number of ether oxygens (including phenoxy) is 1. The second-order valence-electron chi connectivity index (χ2n) is 4.44. The molecular weight excluding hydrogens is 244 g/mol. The van der Waals surface area contributed by atoms with Crippen LogP contribution in [0.15, 0.2) is 24.3 Å². The zero-order valence-corrected chi connectivity index (χ0v) is 11.2. The molecular formula is C15H20O4. The zero-order valence-electron chi connectivity index (χ0n) is 11.2. The molecule has 0 bridgehead atoms. The van der Waals surface area contributed by atoms with Gasteiger partial charge in [0.2, 0.25) is 0 Å². The highest BCUT2D eigenvalue weighted by Gasteiger charge is 2.15. The summed E-state index contributed by atoms with van der Waals surface area (Å²) in [6, 6.07) is 6.01. The van der Waals surface area contributed by atoms with Crippen molar-refractivity contribution in [1.82, 2.24) is 0 Å². The number of carbonyl (C=O) groups is 2. The average Bonchev–Trinajstić information content (AvgIpc) is 2.39. The predicted molar refractivity (Wildman–Crippen MR) is 71.9 cm³/mol. The molecule has 0 aliphatic carbocycles. The number of para-hydroxylation sites is 1. The Balaban J connectivity index is 2.32. The molecule has 0 heterocycles. The molecule has 1 aromatic rings. The molecule has 1 N–H and O–H groups in total. The predicted octanol–water partition coefficient (Wildman–Crippen LogP) is 3.44. The lowest BCUT2D eigenvalue weighted by molar-refractivity contribution is -0.138. The van der Waals surface area contributed by atoms with Crippen LogP contribution in [0.1, 0.15) is 55.8 Å². The van der Waals surface area contributed by atoms with E-state index in [9.17, 15) is 14.7 Å². The third-order valence-electron chi connectivity index (χ3n) is 2.81. The Hall–Kier alpha value is -1.84. The zero-order chi connectivity index (χ0) is 14.1. The summed E-state index contributed by atoms with van der Waals surface area (Å²) in [6.07, 6.45) is 5.34. The Labute approximate surface area is 113 Å². The first-order valence-corrected chi connectivity index (χ1v) is 6.68. The van der Waals surface area contributed by atoms with Crippen LogP contribution in [0, 0.1) is 0 Å². The molecule has 0 spiro atoms. The lowest BCUT2D eigenvalue weighted by Gasteiger charge is -2.04. The molecule has 104 valence electrons. The van der Waals surface area contributed by atoms with Crippen LogP contribution in [0.5, 0.6) is 5.75 Å². The summed E-state index contributed by atoms with van der Waals surface area (Å²) in [4.78, 5) is 23.1. The highest BCUT2D eigenvalue weighted by molar-refractivity contribution is 5.98. The van der Waals surface area contributed by atoms with Gasteiger partial charge in [-0.25, -0.2) is 4.79 Å². The van der Waals surface area contributed by atoms with Crippen molar-refractivity contribution < 1.29 is 19.4 Å². The first-order valence-electron chi connectivity index (χ1n) is 6.68. The third-order valence-corrected chi connectivity index (χ3v) is 2.81. The number of unbranched alkanes of at least 4 members (excludes halogenated alkanes) is 4. The lowest BCUT2D eigenvalue weighted by atomic mass is 10.1. The maximum absolute atomic E-state index is 11.6. The maximum Gasteiger partial charge on any atom is 0.349 e. The van der Waals surface area contributed by atoms with Gasteiger partial charge in [0.1, 0.15) is 11.3 Å². The second kappa shape index (κ2) is 8.29. The topological polar surface area (TPSA) is 63.6 Å². The maximum atomic E-state index is 11.6. The van der Waals surface area contributed by atoms with Gasteiger partial charge in [0, 0.05) is 6.42 Å². The van der Waals surface area contributed by atoms with E-state index in [0.717, 1.165) is 32.1 Å². The Kier molecular flexibility index (Phi) is 6.64. The molecule has 0 aliphatic heterocycles. The van der Waals surface area contributed by atoms with Crippen molar-refractivity contribution in [2.75, 3.05) is 0 Å². The number of aromatic hydroxyl groups is 1. The molecule has 0 radical (unpaired) electrons. The summed E-state index contributed by atoms with van der Waals surface area (Å²) in [5, 5.41) is 9.45. The Morgan fingerprint density at radius 2 is 1.79 bits per heavy atom. The van der Waals surface area contributed by atoms with E-state index >= 15 is 0 Å². The van der Waals surface area contributed by atoms with Crippen molar-refractivity contribution in [3.05, 3.63) is 29.8 Å². The van der Waals surface area contributed by atoms with Crippen LogP contribution in [0.3, 0.4) is 0 Å². The Bertz CT molecular complexity index is 426. The van der Waals surface area contributed by atoms with E-state index in [1.807, 2.05) is 0 Å². The highest BCUT2D eigenvalue weighted by Crippen LogP contribution is 2.17. The number of esters is 2. The molecule has 1 rings (SSSR count). The molecule has 0 aliphatic rings. The number of benzene rings is 1. The van der Waals surface area contributed by atoms with Gasteiger partial charge in [0.05, 0.1) is 0 Å². The van der Waals surface area contributed by atoms with Crippen molar-refractivity contribution >= 4 is 11.9 Å². The van der Waals surface area contributed by atoms with Crippen molar-refractivity contribution in [3.63, 3.8) is 0 Å². The number of hydrogen-bond acceptors (Lipinski definition) is 4. The summed E-state index contributed by atoms with van der Waals surface area (Å²) >= 11 is 0. The van der Waals surface area contributed by atoms with E-state index in [-0.39, 0.29) is 17.7 Å². The van der Waals surface area contributed by atoms with Gasteiger partial charge < -0.3 is 9.84 Å². The average molecular weight is 264 g/mol. The van der Waals surface area contributed by atoms with E-state index < -0.39 is 11.9 Å². The lowest BCUT2D eigenvalue weighted by Crippen LogP contribution is -2.12. The van der Waals surface area contributed by atoms with Gasteiger partial charge >= 0.3 is 11.9 Å². The smallest absolute Gasteiger partial charge is 0.349 e. The number of phenolic OH excluding ortho intramolecular Hbond substituents is 1. The monoisotopic (exact) mass is 264 g/mol. The molecule has 0 amide bonds.